The first-order valence-electron chi connectivity index (χ1n) is 10.3. The molecule has 1 aliphatic heterocycles. The number of halogens is 1. The second-order valence-electron chi connectivity index (χ2n) is 7.50. The van der Waals surface area contributed by atoms with Gasteiger partial charge in [0.25, 0.3) is 0 Å². The van der Waals surface area contributed by atoms with Crippen LogP contribution in [0.4, 0.5) is 10.1 Å². The zero-order valence-corrected chi connectivity index (χ0v) is 17.2. The molecule has 0 bridgehead atoms. The van der Waals surface area contributed by atoms with Crippen molar-refractivity contribution < 1.29 is 14.0 Å². The van der Waals surface area contributed by atoms with Gasteiger partial charge in [0.1, 0.15) is 18.2 Å². The van der Waals surface area contributed by atoms with E-state index in [0.717, 1.165) is 16.9 Å². The standard InChI is InChI=1S/C23H25FN4O2/c1-3-26(4-2)22(30)15-28-20-11-6-5-10-19(20)25-23(28)16-12-21(29)27(14-16)18-9-7-8-17(24)13-18/h5-11,13,16H,3-4,12,14-15H2,1-2H3. The van der Waals surface area contributed by atoms with Crippen LogP contribution in [0.3, 0.4) is 0 Å². The number of hydrogen-bond acceptors (Lipinski definition) is 3. The average Bonchev–Trinajstić information content (AvgIpc) is 3.30. The molecule has 7 heteroatoms. The van der Waals surface area contributed by atoms with Crippen LogP contribution in [0.1, 0.15) is 32.0 Å². The van der Waals surface area contributed by atoms with Gasteiger partial charge in [-0.05, 0) is 44.2 Å². The summed E-state index contributed by atoms with van der Waals surface area (Å²) in [6.45, 7) is 5.80. The van der Waals surface area contributed by atoms with E-state index in [0.29, 0.717) is 25.3 Å². The molecule has 2 amide bonds. The Morgan fingerprint density at radius 1 is 1.17 bits per heavy atom. The largest absolute Gasteiger partial charge is 0.342 e. The number of carbonyl (C=O) groups excluding carboxylic acids is 2. The van der Waals surface area contributed by atoms with E-state index < -0.39 is 0 Å². The van der Waals surface area contributed by atoms with Crippen molar-refractivity contribution in [3.63, 3.8) is 0 Å². The van der Waals surface area contributed by atoms with Crippen LogP contribution in [-0.4, -0.2) is 45.9 Å². The quantitative estimate of drug-likeness (QED) is 0.627. The van der Waals surface area contributed by atoms with Gasteiger partial charge >= 0.3 is 0 Å². The monoisotopic (exact) mass is 408 g/mol. The van der Waals surface area contributed by atoms with E-state index in [9.17, 15) is 14.0 Å². The highest BCUT2D eigenvalue weighted by Crippen LogP contribution is 2.33. The number of benzene rings is 2. The number of rotatable bonds is 6. The predicted octanol–water partition coefficient (Wildman–Crippen LogP) is 3.56. The third kappa shape index (κ3) is 3.67. The number of para-hydroxylation sites is 2. The van der Waals surface area contributed by atoms with Crippen LogP contribution in [-0.2, 0) is 16.1 Å². The zero-order chi connectivity index (χ0) is 21.3. The van der Waals surface area contributed by atoms with Crippen LogP contribution in [0.5, 0.6) is 0 Å². The molecule has 1 saturated heterocycles. The minimum absolute atomic E-state index is 0.0238. The van der Waals surface area contributed by atoms with E-state index in [2.05, 4.69) is 0 Å². The van der Waals surface area contributed by atoms with Gasteiger partial charge in [-0.15, -0.1) is 0 Å². The van der Waals surface area contributed by atoms with E-state index in [1.165, 1.54) is 12.1 Å². The van der Waals surface area contributed by atoms with Crippen LogP contribution in [0, 0.1) is 5.82 Å². The number of imidazole rings is 1. The first kappa shape index (κ1) is 20.1. The molecule has 0 radical (unpaired) electrons. The second kappa shape index (κ2) is 8.26. The fourth-order valence-corrected chi connectivity index (χ4v) is 4.16. The summed E-state index contributed by atoms with van der Waals surface area (Å²) >= 11 is 0. The highest BCUT2D eigenvalue weighted by molar-refractivity contribution is 5.96. The van der Waals surface area contributed by atoms with Gasteiger partial charge in [0.15, 0.2) is 0 Å². The van der Waals surface area contributed by atoms with Gasteiger partial charge in [0, 0.05) is 37.7 Å². The van der Waals surface area contributed by atoms with Gasteiger partial charge in [-0.2, -0.15) is 0 Å². The lowest BCUT2D eigenvalue weighted by atomic mass is 10.1. The lowest BCUT2D eigenvalue weighted by Gasteiger charge is -2.21. The predicted molar refractivity (Wildman–Crippen MR) is 114 cm³/mol. The molecule has 156 valence electrons. The number of aromatic nitrogens is 2. The maximum absolute atomic E-state index is 13.7. The van der Waals surface area contributed by atoms with Crippen molar-refractivity contribution in [1.82, 2.24) is 14.5 Å². The van der Waals surface area contributed by atoms with E-state index >= 15 is 0 Å². The van der Waals surface area contributed by atoms with Crippen molar-refractivity contribution in [2.24, 2.45) is 0 Å². The summed E-state index contributed by atoms with van der Waals surface area (Å²) in [5.74, 6) is 0.137. The number of carbonyl (C=O) groups is 2. The molecule has 0 N–H and O–H groups in total. The Hall–Kier alpha value is -3.22. The smallest absolute Gasteiger partial charge is 0.242 e. The summed E-state index contributed by atoms with van der Waals surface area (Å²) in [6.07, 6.45) is 0.277. The maximum atomic E-state index is 13.7. The van der Waals surface area contributed by atoms with Crippen molar-refractivity contribution in [3.05, 3.63) is 60.2 Å². The van der Waals surface area contributed by atoms with Crippen molar-refractivity contribution in [3.8, 4) is 0 Å². The Labute approximate surface area is 174 Å². The molecule has 1 aliphatic rings. The highest BCUT2D eigenvalue weighted by Gasteiger charge is 2.35. The molecule has 2 aromatic carbocycles. The third-order valence-corrected chi connectivity index (χ3v) is 5.70. The molecule has 1 unspecified atom stereocenters. The molecular formula is C23H25FN4O2. The lowest BCUT2D eigenvalue weighted by molar-refractivity contribution is -0.131. The van der Waals surface area contributed by atoms with E-state index in [1.807, 2.05) is 42.7 Å². The van der Waals surface area contributed by atoms with E-state index in [4.69, 9.17) is 4.98 Å². The molecular weight excluding hydrogens is 383 g/mol. The van der Waals surface area contributed by atoms with Gasteiger partial charge in [-0.3, -0.25) is 9.59 Å². The van der Waals surface area contributed by atoms with Gasteiger partial charge in [0.2, 0.25) is 11.8 Å². The number of hydrogen-bond donors (Lipinski definition) is 0. The van der Waals surface area contributed by atoms with Crippen LogP contribution < -0.4 is 4.90 Å². The molecule has 1 fully saturated rings. The fraction of sp³-hybridized carbons (Fsp3) is 0.348. The topological polar surface area (TPSA) is 58.4 Å². The first-order valence-corrected chi connectivity index (χ1v) is 10.3. The number of anilines is 1. The molecule has 2 heterocycles. The summed E-state index contributed by atoms with van der Waals surface area (Å²) in [6, 6.07) is 13.8. The summed E-state index contributed by atoms with van der Waals surface area (Å²) in [5.41, 5.74) is 2.23. The maximum Gasteiger partial charge on any atom is 0.242 e. The SMILES string of the molecule is CCN(CC)C(=O)Cn1c(C2CC(=O)N(c3cccc(F)c3)C2)nc2ccccc21. The third-order valence-electron chi connectivity index (χ3n) is 5.70. The van der Waals surface area contributed by atoms with Crippen LogP contribution in [0.15, 0.2) is 48.5 Å². The minimum atomic E-state index is -0.374. The van der Waals surface area contributed by atoms with Gasteiger partial charge in [-0.25, -0.2) is 9.37 Å². The molecule has 3 aromatic rings. The summed E-state index contributed by atoms with van der Waals surface area (Å²) in [5, 5.41) is 0. The Kier molecular flexibility index (Phi) is 5.53. The van der Waals surface area contributed by atoms with Crippen molar-refractivity contribution in [1.29, 1.82) is 0 Å². The van der Waals surface area contributed by atoms with Crippen LogP contribution in [0.2, 0.25) is 0 Å². The number of amides is 2. The minimum Gasteiger partial charge on any atom is -0.342 e. The Morgan fingerprint density at radius 3 is 2.67 bits per heavy atom. The molecule has 0 aliphatic carbocycles. The molecule has 0 spiro atoms. The highest BCUT2D eigenvalue weighted by atomic mass is 19.1. The van der Waals surface area contributed by atoms with Crippen LogP contribution >= 0.6 is 0 Å². The average molecular weight is 408 g/mol. The summed E-state index contributed by atoms with van der Waals surface area (Å²) in [7, 11) is 0. The zero-order valence-electron chi connectivity index (χ0n) is 17.2. The molecule has 6 nitrogen and oxygen atoms in total. The second-order valence-corrected chi connectivity index (χ2v) is 7.50. The summed E-state index contributed by atoms with van der Waals surface area (Å²) < 4.78 is 15.6. The lowest BCUT2D eigenvalue weighted by Crippen LogP contribution is -2.34. The number of fused-ring (bicyclic) bond motifs is 1. The normalized spacial score (nSPS) is 16.4. The van der Waals surface area contributed by atoms with Gasteiger partial charge in [0.05, 0.1) is 11.0 Å². The number of nitrogens with zero attached hydrogens (tertiary/aromatic N) is 4. The van der Waals surface area contributed by atoms with Crippen molar-refractivity contribution >= 4 is 28.5 Å². The number of likely N-dealkylation sites (N-methyl/N-ethyl adjacent to an activating group) is 1. The molecule has 0 saturated carbocycles. The Balaban J connectivity index is 1.69. The Bertz CT molecular complexity index is 1090. The Morgan fingerprint density at radius 2 is 1.93 bits per heavy atom. The van der Waals surface area contributed by atoms with Gasteiger partial charge in [-0.1, -0.05) is 18.2 Å². The summed E-state index contributed by atoms with van der Waals surface area (Å²) in [4.78, 5) is 33.7. The molecule has 4 rings (SSSR count). The van der Waals surface area contributed by atoms with Gasteiger partial charge < -0.3 is 14.4 Å². The van der Waals surface area contributed by atoms with Crippen LogP contribution in [0.25, 0.3) is 11.0 Å². The van der Waals surface area contributed by atoms with E-state index in [1.54, 1.807) is 21.9 Å². The molecule has 1 atom stereocenters. The molecule has 30 heavy (non-hydrogen) atoms. The molecule has 1 aromatic heterocycles. The van der Waals surface area contributed by atoms with E-state index in [-0.39, 0.29) is 36.5 Å². The fourth-order valence-electron chi connectivity index (χ4n) is 4.16. The van der Waals surface area contributed by atoms with Crippen molar-refractivity contribution in [2.45, 2.75) is 32.7 Å². The van der Waals surface area contributed by atoms with Crippen molar-refractivity contribution in [2.75, 3.05) is 24.5 Å². The first-order chi connectivity index (χ1) is 14.5.